The number of benzene rings is 1. The highest BCUT2D eigenvalue weighted by Crippen LogP contribution is 2.46. The third kappa shape index (κ3) is 6.21. The number of Topliss-reactive ketones (excluding diaryl/α,β-unsaturated/α-hetero) is 2. The molecule has 0 amide bonds. The van der Waals surface area contributed by atoms with Crippen molar-refractivity contribution in [2.24, 2.45) is 0 Å². The molecule has 0 unspecified atom stereocenters. The number of aromatic hydroxyl groups is 2. The van der Waals surface area contributed by atoms with E-state index in [0.29, 0.717) is 26.8 Å². The summed E-state index contributed by atoms with van der Waals surface area (Å²) in [5.74, 6) is -16.4. The number of alkyl halides is 4. The van der Waals surface area contributed by atoms with Gasteiger partial charge in [-0.05, 0) is 38.0 Å². The van der Waals surface area contributed by atoms with Gasteiger partial charge in [-0.15, -0.1) is 0 Å². The summed E-state index contributed by atoms with van der Waals surface area (Å²) in [6, 6.07) is 6.61. The van der Waals surface area contributed by atoms with Gasteiger partial charge in [0.05, 0.1) is 17.7 Å². The van der Waals surface area contributed by atoms with Gasteiger partial charge in [0, 0.05) is 65.5 Å². The van der Waals surface area contributed by atoms with Gasteiger partial charge in [0.15, 0.2) is 12.4 Å². The maximum absolute atomic E-state index is 13.9. The minimum absolute atomic E-state index is 0.0707. The van der Waals surface area contributed by atoms with Gasteiger partial charge in [-0.25, -0.2) is 13.9 Å². The first-order chi connectivity index (χ1) is 24.1. The first kappa shape index (κ1) is 36.6. The molecule has 0 radical (unpaired) electrons. The zero-order valence-electron chi connectivity index (χ0n) is 27.1. The number of nitrogens with zero attached hydrogens (tertiary/aromatic N) is 3. The molecule has 0 saturated heterocycles. The molecule has 1 saturated carbocycles. The molecule has 2 aliphatic rings. The van der Waals surface area contributed by atoms with Crippen LogP contribution in [0.4, 0.5) is 23.2 Å². The largest absolute Gasteiger partial charge is 0.494 e. The van der Waals surface area contributed by atoms with E-state index in [4.69, 9.17) is 8.94 Å². The topological polar surface area (TPSA) is 201 Å². The molecule has 4 N–H and O–H groups in total. The lowest BCUT2D eigenvalue weighted by Crippen LogP contribution is -2.46. The minimum Gasteiger partial charge on any atom is -0.494 e. The molecule has 0 atom stereocenters. The molecule has 1 fully saturated rings. The number of hydrogen-bond acceptors (Lipinski definition) is 10. The summed E-state index contributed by atoms with van der Waals surface area (Å²) in [4.78, 5) is 70.7. The predicted molar refractivity (Wildman–Crippen MR) is 172 cm³/mol. The van der Waals surface area contributed by atoms with Crippen molar-refractivity contribution >= 4 is 47.5 Å². The van der Waals surface area contributed by atoms with Crippen molar-refractivity contribution in [3.63, 3.8) is 0 Å². The maximum Gasteiger partial charge on any atom is 0.469 e. The number of fused-ring (bicyclic) bond motifs is 2. The fourth-order valence-corrected chi connectivity index (χ4v) is 6.72. The van der Waals surface area contributed by atoms with Crippen LogP contribution in [0.1, 0.15) is 43.1 Å². The number of pyridine rings is 1. The molecule has 1 aromatic carbocycles. The Kier molecular flexibility index (Phi) is 8.81. The van der Waals surface area contributed by atoms with E-state index in [1.54, 1.807) is 26.0 Å². The zero-order chi connectivity index (χ0) is 38.1. The van der Waals surface area contributed by atoms with E-state index < -0.39 is 72.7 Å². The first-order valence-corrected chi connectivity index (χ1v) is 17.0. The molecule has 4 heterocycles. The molecule has 3 aromatic heterocycles. The lowest BCUT2D eigenvalue weighted by molar-refractivity contribution is -0.695. The maximum atomic E-state index is 13.9. The number of anilines is 1. The van der Waals surface area contributed by atoms with Crippen LogP contribution in [-0.4, -0.2) is 72.6 Å². The molecule has 1 aliphatic heterocycles. The Balaban J connectivity index is 1.35. The van der Waals surface area contributed by atoms with Crippen LogP contribution in [0.25, 0.3) is 27.7 Å². The Bertz CT molecular complexity index is 2250. The summed E-state index contributed by atoms with van der Waals surface area (Å²) in [6.07, 6.45) is 3.66. The van der Waals surface area contributed by atoms with E-state index in [0.717, 1.165) is 41.2 Å². The second-order valence-corrected chi connectivity index (χ2v) is 14.0. The first-order valence-electron chi connectivity index (χ1n) is 15.4. The third-order valence-corrected chi connectivity index (χ3v) is 9.40. The summed E-state index contributed by atoms with van der Waals surface area (Å²) in [6.45, 7) is 3.26. The molecule has 19 heteroatoms. The Morgan fingerprint density at radius 3 is 2.10 bits per heavy atom. The van der Waals surface area contributed by atoms with E-state index in [1.165, 1.54) is 12.1 Å². The number of rotatable bonds is 9. The number of phosphoric ester groups is 1. The summed E-state index contributed by atoms with van der Waals surface area (Å²) >= 11 is 0. The predicted octanol–water partition coefficient (Wildman–Crippen LogP) is 4.14. The van der Waals surface area contributed by atoms with Gasteiger partial charge in [0.1, 0.15) is 5.58 Å². The van der Waals surface area contributed by atoms with Crippen LogP contribution < -0.4 is 15.1 Å². The number of ketones is 2. The highest BCUT2D eigenvalue weighted by molar-refractivity contribution is 7.46. The van der Waals surface area contributed by atoms with Crippen molar-refractivity contribution in [1.29, 1.82) is 0 Å². The quantitative estimate of drug-likeness (QED) is 0.0628. The SMILES string of the molecule is CC1(C)C=C(COP(=O)(O)O)c2cc3cc(-c4cc[n+](C5C(=O)C(F)(F)C(F)(F)C5=O)cc4)c(=O)oc3cc2N1CCCC(=O)n1c(O)ccc1O. The van der Waals surface area contributed by atoms with Crippen molar-refractivity contribution in [2.45, 2.75) is 50.1 Å². The second kappa shape index (κ2) is 12.5. The van der Waals surface area contributed by atoms with Gasteiger partial charge >= 0.3 is 25.3 Å². The summed E-state index contributed by atoms with van der Waals surface area (Å²) < 4.78 is 78.9. The normalized spacial score (nSPS) is 18.2. The smallest absolute Gasteiger partial charge is 0.469 e. The molecule has 0 bridgehead atoms. The molecule has 14 nitrogen and oxygen atoms in total. The van der Waals surface area contributed by atoms with Crippen LogP contribution >= 0.6 is 7.82 Å². The zero-order valence-corrected chi connectivity index (χ0v) is 28.0. The average molecular weight is 751 g/mol. The van der Waals surface area contributed by atoms with Crippen LogP contribution in [-0.2, 0) is 18.7 Å². The lowest BCUT2D eigenvalue weighted by Gasteiger charge is -2.43. The van der Waals surface area contributed by atoms with Crippen LogP contribution in [0.15, 0.2) is 70.1 Å². The van der Waals surface area contributed by atoms with Gasteiger partial charge in [-0.2, -0.15) is 22.1 Å². The number of carbonyl (C=O) groups excluding carboxylic acids is 3. The summed E-state index contributed by atoms with van der Waals surface area (Å²) in [7, 11) is -4.92. The van der Waals surface area contributed by atoms with Gasteiger partial charge in [-0.1, -0.05) is 6.08 Å². The Hall–Kier alpha value is -5.16. The molecule has 0 spiro atoms. The Labute approximate surface area is 290 Å². The molecule has 4 aromatic rings. The van der Waals surface area contributed by atoms with E-state index >= 15 is 0 Å². The standard InChI is InChI=1S/C33H28F4N3O11P/c1-31(2)15-19(16-50-52(47,48)49)20-12-18-13-21(17-7-10-38(11-8-17)27-28(44)32(34,35)33(36,37)29(27)45)30(46)51-23(18)14-22(20)39(31)9-3-4-24(41)40-25(42)5-6-26(40)43/h5-8,10-15,27H,3-4,9,16H2,1-2H3,(H3-,42,43,47,48,49)/p+1. The average Bonchev–Trinajstić information content (AvgIpc) is 3.45. The number of carbonyl (C=O) groups is 3. The molecular weight excluding hydrogens is 721 g/mol. The fourth-order valence-electron chi connectivity index (χ4n) is 6.42. The van der Waals surface area contributed by atoms with Crippen molar-refractivity contribution < 1.29 is 70.0 Å². The number of phosphoric acid groups is 1. The van der Waals surface area contributed by atoms with Crippen LogP contribution in [0.3, 0.4) is 0 Å². The highest BCUT2D eigenvalue weighted by Gasteiger charge is 2.79. The second-order valence-electron chi connectivity index (χ2n) is 12.8. The van der Waals surface area contributed by atoms with E-state index in [1.807, 2.05) is 4.90 Å². The third-order valence-electron chi connectivity index (χ3n) is 8.93. The highest BCUT2D eigenvalue weighted by atomic mass is 31.2. The van der Waals surface area contributed by atoms with E-state index in [-0.39, 0.29) is 36.1 Å². The van der Waals surface area contributed by atoms with Gasteiger partial charge in [-0.3, -0.25) is 18.9 Å². The minimum atomic E-state index is -5.19. The number of halogens is 4. The summed E-state index contributed by atoms with van der Waals surface area (Å²) in [5.41, 5.74) is -0.430. The van der Waals surface area contributed by atoms with Crippen molar-refractivity contribution in [3.05, 3.63) is 76.9 Å². The van der Waals surface area contributed by atoms with Crippen LogP contribution in [0, 0.1) is 0 Å². The van der Waals surface area contributed by atoms with E-state index in [9.17, 15) is 61.3 Å². The molecular formula is C33H29F4N3O11P+. The van der Waals surface area contributed by atoms with E-state index in [2.05, 4.69) is 0 Å². The van der Waals surface area contributed by atoms with Gasteiger partial charge in [0.25, 0.3) is 17.6 Å². The molecule has 52 heavy (non-hydrogen) atoms. The molecule has 274 valence electrons. The molecule has 6 rings (SSSR count). The van der Waals surface area contributed by atoms with Crippen molar-refractivity contribution in [2.75, 3.05) is 18.1 Å². The van der Waals surface area contributed by atoms with Crippen LogP contribution in [0.5, 0.6) is 11.8 Å². The van der Waals surface area contributed by atoms with Gasteiger partial charge < -0.3 is 29.3 Å². The van der Waals surface area contributed by atoms with Gasteiger partial charge in [0.2, 0.25) is 17.7 Å². The monoisotopic (exact) mass is 750 g/mol. The Morgan fingerprint density at radius 1 is 0.942 bits per heavy atom. The Morgan fingerprint density at radius 2 is 1.52 bits per heavy atom. The number of hydrogen-bond donors (Lipinski definition) is 4. The lowest BCUT2D eigenvalue weighted by atomic mass is 9.87. The van der Waals surface area contributed by atoms with Crippen molar-refractivity contribution in [1.82, 2.24) is 4.57 Å². The number of aromatic nitrogens is 2. The summed E-state index contributed by atoms with van der Waals surface area (Å²) in [5, 5.41) is 20.1. The molecule has 1 aliphatic carbocycles. The van der Waals surface area contributed by atoms with Crippen molar-refractivity contribution in [3.8, 4) is 22.9 Å². The fraction of sp³-hybridized carbons (Fsp3) is 0.303. The van der Waals surface area contributed by atoms with Crippen LogP contribution in [0.2, 0.25) is 0 Å².